The lowest BCUT2D eigenvalue weighted by Gasteiger charge is -2.21. The third-order valence-corrected chi connectivity index (χ3v) is 3.67. The van der Waals surface area contributed by atoms with Gasteiger partial charge in [0, 0.05) is 25.2 Å². The molecule has 0 saturated heterocycles. The summed E-state index contributed by atoms with van der Waals surface area (Å²) >= 11 is 0. The highest BCUT2D eigenvalue weighted by molar-refractivity contribution is 5.96. The van der Waals surface area contributed by atoms with E-state index in [1.807, 2.05) is 48.7 Å². The van der Waals surface area contributed by atoms with Crippen LogP contribution in [-0.2, 0) is 13.0 Å². The molecule has 0 aliphatic carbocycles. The van der Waals surface area contributed by atoms with E-state index in [0.717, 1.165) is 17.8 Å². The average Bonchev–Trinajstić information content (AvgIpc) is 2.88. The van der Waals surface area contributed by atoms with E-state index in [9.17, 15) is 4.79 Å². The van der Waals surface area contributed by atoms with Crippen LogP contribution in [0.4, 0.5) is 0 Å². The number of nitrogens with zero attached hydrogens (tertiary/aromatic N) is 2. The summed E-state index contributed by atoms with van der Waals surface area (Å²) in [7, 11) is 4.11. The van der Waals surface area contributed by atoms with Gasteiger partial charge in [0.1, 0.15) is 0 Å². The molecule has 1 atom stereocenters. The molecule has 2 rings (SSSR count). The Hall–Kier alpha value is -1.87. The normalized spacial score (nSPS) is 12.6. The molecule has 1 aromatic heterocycles. The molecule has 0 aliphatic heterocycles. The SMILES string of the molecule is CC(Cn1cccc1C(=O)Cc1ccccc1)N(C)C. The monoisotopic (exact) mass is 270 g/mol. The van der Waals surface area contributed by atoms with E-state index in [4.69, 9.17) is 0 Å². The van der Waals surface area contributed by atoms with Gasteiger partial charge in [0.2, 0.25) is 0 Å². The number of carbonyl (C=O) groups is 1. The van der Waals surface area contributed by atoms with Crippen LogP contribution in [0.15, 0.2) is 48.7 Å². The summed E-state index contributed by atoms with van der Waals surface area (Å²) in [6, 6.07) is 14.1. The summed E-state index contributed by atoms with van der Waals surface area (Å²) in [5.41, 5.74) is 1.86. The Bertz CT molecular complexity index is 557. The summed E-state index contributed by atoms with van der Waals surface area (Å²) in [5, 5.41) is 0. The van der Waals surface area contributed by atoms with Crippen LogP contribution >= 0.6 is 0 Å². The van der Waals surface area contributed by atoms with Crippen LogP contribution < -0.4 is 0 Å². The van der Waals surface area contributed by atoms with E-state index >= 15 is 0 Å². The third kappa shape index (κ3) is 3.58. The Morgan fingerprint density at radius 2 is 1.85 bits per heavy atom. The molecule has 106 valence electrons. The van der Waals surface area contributed by atoms with Gasteiger partial charge in [-0.1, -0.05) is 30.3 Å². The van der Waals surface area contributed by atoms with Gasteiger partial charge >= 0.3 is 0 Å². The molecule has 0 amide bonds. The smallest absolute Gasteiger partial charge is 0.183 e. The van der Waals surface area contributed by atoms with E-state index in [1.54, 1.807) is 0 Å². The lowest BCUT2D eigenvalue weighted by molar-refractivity contribution is 0.0982. The van der Waals surface area contributed by atoms with Crippen molar-refractivity contribution < 1.29 is 4.79 Å². The molecule has 0 N–H and O–H groups in total. The van der Waals surface area contributed by atoms with Crippen molar-refractivity contribution in [2.45, 2.75) is 25.9 Å². The number of aromatic nitrogens is 1. The zero-order chi connectivity index (χ0) is 14.5. The lowest BCUT2D eigenvalue weighted by Crippen LogP contribution is -2.30. The molecule has 0 saturated carbocycles. The maximum absolute atomic E-state index is 12.4. The van der Waals surface area contributed by atoms with Crippen molar-refractivity contribution in [2.24, 2.45) is 0 Å². The molecule has 0 spiro atoms. The van der Waals surface area contributed by atoms with Crippen LogP contribution in [0.1, 0.15) is 23.0 Å². The van der Waals surface area contributed by atoms with Crippen LogP contribution in [0.3, 0.4) is 0 Å². The molecule has 20 heavy (non-hydrogen) atoms. The van der Waals surface area contributed by atoms with Gasteiger partial charge in [-0.2, -0.15) is 0 Å². The molecule has 0 radical (unpaired) electrons. The van der Waals surface area contributed by atoms with Crippen LogP contribution in [0, 0.1) is 0 Å². The number of benzene rings is 1. The van der Waals surface area contributed by atoms with Crippen molar-refractivity contribution in [3.05, 3.63) is 59.9 Å². The van der Waals surface area contributed by atoms with Crippen molar-refractivity contribution in [3.63, 3.8) is 0 Å². The third-order valence-electron chi connectivity index (χ3n) is 3.67. The van der Waals surface area contributed by atoms with Gasteiger partial charge in [0.15, 0.2) is 5.78 Å². The average molecular weight is 270 g/mol. The Morgan fingerprint density at radius 3 is 2.50 bits per heavy atom. The Kier molecular flexibility index (Phi) is 4.74. The predicted molar refractivity (Wildman–Crippen MR) is 82.1 cm³/mol. The highest BCUT2D eigenvalue weighted by Crippen LogP contribution is 2.10. The molecular formula is C17H22N2O. The number of likely N-dealkylation sites (N-methyl/N-ethyl adjacent to an activating group) is 1. The zero-order valence-corrected chi connectivity index (χ0v) is 12.4. The van der Waals surface area contributed by atoms with Gasteiger partial charge in [-0.3, -0.25) is 4.79 Å². The van der Waals surface area contributed by atoms with Gasteiger partial charge < -0.3 is 9.47 Å². The van der Waals surface area contributed by atoms with Crippen LogP contribution in [-0.4, -0.2) is 35.4 Å². The quantitative estimate of drug-likeness (QED) is 0.754. The fraction of sp³-hybridized carbons (Fsp3) is 0.353. The molecule has 1 heterocycles. The van der Waals surface area contributed by atoms with E-state index in [1.165, 1.54) is 0 Å². The number of rotatable bonds is 6. The number of Topliss-reactive ketones (excluding diaryl/α,β-unsaturated/α-hetero) is 1. The van der Waals surface area contributed by atoms with Crippen LogP contribution in [0.2, 0.25) is 0 Å². The standard InChI is InChI=1S/C17H22N2O/c1-14(18(2)3)13-19-11-7-10-16(19)17(20)12-15-8-5-4-6-9-15/h4-11,14H,12-13H2,1-3H3. The summed E-state index contributed by atoms with van der Waals surface area (Å²) in [6.45, 7) is 2.99. The topological polar surface area (TPSA) is 25.2 Å². The highest BCUT2D eigenvalue weighted by atomic mass is 16.1. The summed E-state index contributed by atoms with van der Waals surface area (Å²) in [5.74, 6) is 0.173. The van der Waals surface area contributed by atoms with E-state index in [2.05, 4.69) is 30.5 Å². The fourth-order valence-electron chi connectivity index (χ4n) is 2.15. The molecule has 0 bridgehead atoms. The minimum Gasteiger partial charge on any atom is -0.344 e. The Balaban J connectivity index is 2.09. The molecule has 3 nitrogen and oxygen atoms in total. The fourth-order valence-corrected chi connectivity index (χ4v) is 2.15. The predicted octanol–water partition coefficient (Wildman–Crippen LogP) is 2.86. The number of hydrogen-bond acceptors (Lipinski definition) is 2. The zero-order valence-electron chi connectivity index (χ0n) is 12.4. The summed E-state index contributed by atoms with van der Waals surface area (Å²) in [6.07, 6.45) is 2.44. The van der Waals surface area contributed by atoms with E-state index < -0.39 is 0 Å². The van der Waals surface area contributed by atoms with Gasteiger partial charge in [0.05, 0.1) is 5.69 Å². The summed E-state index contributed by atoms with van der Waals surface area (Å²) < 4.78 is 2.05. The molecule has 3 heteroatoms. The maximum Gasteiger partial charge on any atom is 0.183 e. The van der Waals surface area contributed by atoms with Crippen molar-refractivity contribution in [1.82, 2.24) is 9.47 Å². The molecular weight excluding hydrogens is 248 g/mol. The van der Waals surface area contributed by atoms with Crippen molar-refractivity contribution in [3.8, 4) is 0 Å². The number of carbonyl (C=O) groups excluding carboxylic acids is 1. The Morgan fingerprint density at radius 1 is 1.15 bits per heavy atom. The van der Waals surface area contributed by atoms with Crippen molar-refractivity contribution in [2.75, 3.05) is 14.1 Å². The van der Waals surface area contributed by atoms with Crippen molar-refractivity contribution >= 4 is 5.78 Å². The van der Waals surface area contributed by atoms with E-state index in [0.29, 0.717) is 12.5 Å². The second-order valence-electron chi connectivity index (χ2n) is 5.44. The van der Waals surface area contributed by atoms with Gasteiger partial charge in [-0.05, 0) is 38.7 Å². The molecule has 1 aromatic carbocycles. The number of hydrogen-bond donors (Lipinski definition) is 0. The van der Waals surface area contributed by atoms with Gasteiger partial charge in [-0.15, -0.1) is 0 Å². The first-order chi connectivity index (χ1) is 9.58. The van der Waals surface area contributed by atoms with Gasteiger partial charge in [-0.25, -0.2) is 0 Å². The van der Waals surface area contributed by atoms with Crippen LogP contribution in [0.25, 0.3) is 0 Å². The van der Waals surface area contributed by atoms with E-state index in [-0.39, 0.29) is 5.78 Å². The largest absolute Gasteiger partial charge is 0.344 e. The highest BCUT2D eigenvalue weighted by Gasteiger charge is 2.14. The molecule has 0 aliphatic rings. The first-order valence-electron chi connectivity index (χ1n) is 6.96. The second kappa shape index (κ2) is 6.53. The van der Waals surface area contributed by atoms with Crippen molar-refractivity contribution in [1.29, 1.82) is 0 Å². The Labute approximate surface area is 120 Å². The summed E-state index contributed by atoms with van der Waals surface area (Å²) in [4.78, 5) is 14.6. The van der Waals surface area contributed by atoms with Gasteiger partial charge in [0.25, 0.3) is 0 Å². The minimum atomic E-state index is 0.173. The molecule has 0 fully saturated rings. The molecule has 1 unspecified atom stereocenters. The molecule has 2 aromatic rings. The maximum atomic E-state index is 12.4. The first-order valence-corrected chi connectivity index (χ1v) is 6.96. The minimum absolute atomic E-state index is 0.173. The first kappa shape index (κ1) is 14.5. The second-order valence-corrected chi connectivity index (χ2v) is 5.44. The lowest BCUT2D eigenvalue weighted by atomic mass is 10.1. The van der Waals surface area contributed by atoms with Crippen LogP contribution in [0.5, 0.6) is 0 Å². The number of ketones is 1.